The summed E-state index contributed by atoms with van der Waals surface area (Å²) in [7, 11) is -4.41. The number of carbonyl (C=O) groups is 2. The predicted molar refractivity (Wildman–Crippen MR) is 137 cm³/mol. The van der Waals surface area contributed by atoms with E-state index in [9.17, 15) is 26.8 Å². The predicted octanol–water partition coefficient (Wildman–Crippen LogP) is 3.01. The van der Waals surface area contributed by atoms with Crippen LogP contribution in [-0.4, -0.2) is 50.6 Å². The first-order chi connectivity index (χ1) is 18.3. The summed E-state index contributed by atoms with van der Waals surface area (Å²) >= 11 is 11.3. The summed E-state index contributed by atoms with van der Waals surface area (Å²) in [6.07, 6.45) is 0.258. The van der Waals surface area contributed by atoms with Crippen molar-refractivity contribution in [3.8, 4) is 11.5 Å². The van der Waals surface area contributed by atoms with Gasteiger partial charge in [0, 0.05) is 24.1 Å². The second kappa shape index (κ2) is 11.4. The van der Waals surface area contributed by atoms with Crippen LogP contribution in [0.5, 0.6) is 11.5 Å². The van der Waals surface area contributed by atoms with Gasteiger partial charge in [0.05, 0.1) is 15.6 Å². The Morgan fingerprint density at radius 2 is 1.38 bits per heavy atom. The largest absolute Gasteiger partial charge is 0.484 e. The van der Waals surface area contributed by atoms with Crippen LogP contribution in [0.2, 0.25) is 10.0 Å². The minimum absolute atomic E-state index is 0.0360. The van der Waals surface area contributed by atoms with Gasteiger partial charge in [0.1, 0.15) is 29.2 Å². The minimum Gasteiger partial charge on any atom is -0.484 e. The standard InChI is InChI=1S/C24H25Cl2F2N3O7S/c25-16-3-1-14(9-18(16)27)36-12-21(32)30-23-5-7-24(8-6-23,20(11-23)38-39(29,34)35)31-22(33)13-37-15-2-4-17(26)19(28)10-15/h1-4,9-10,20H,5-8,11-13H2,(H,30,32)(H,31,33)(H2,29,34,35). The van der Waals surface area contributed by atoms with Crippen molar-refractivity contribution in [1.82, 2.24) is 10.6 Å². The number of nitrogens with two attached hydrogens (primary N) is 1. The van der Waals surface area contributed by atoms with Crippen molar-refractivity contribution in [3.63, 3.8) is 0 Å². The molecule has 15 heteroatoms. The third-order valence-corrected chi connectivity index (χ3v) is 7.97. The van der Waals surface area contributed by atoms with Crippen molar-refractivity contribution in [2.45, 2.75) is 49.3 Å². The van der Waals surface area contributed by atoms with Crippen molar-refractivity contribution in [2.24, 2.45) is 5.14 Å². The first kappa shape index (κ1) is 29.3. The van der Waals surface area contributed by atoms with Crippen molar-refractivity contribution >= 4 is 45.3 Å². The summed E-state index contributed by atoms with van der Waals surface area (Å²) < 4.78 is 66.8. The van der Waals surface area contributed by atoms with E-state index in [1.54, 1.807) is 0 Å². The number of nitrogens with one attached hydrogen (secondary N) is 2. The summed E-state index contributed by atoms with van der Waals surface area (Å²) in [4.78, 5) is 25.4. The number of hydrogen-bond donors (Lipinski definition) is 3. The quantitative estimate of drug-likeness (QED) is 0.376. The normalized spacial score (nSPS) is 24.2. The molecule has 1 unspecified atom stereocenters. The van der Waals surface area contributed by atoms with E-state index in [-0.39, 0.29) is 40.8 Å². The molecule has 2 aromatic carbocycles. The molecule has 2 aromatic rings. The van der Waals surface area contributed by atoms with Crippen LogP contribution < -0.4 is 25.2 Å². The van der Waals surface area contributed by atoms with Gasteiger partial charge in [0.15, 0.2) is 13.2 Å². The summed E-state index contributed by atoms with van der Waals surface area (Å²) in [6, 6.07) is 7.48. The maximum absolute atomic E-state index is 13.6. The lowest BCUT2D eigenvalue weighted by atomic mass is 9.60. The van der Waals surface area contributed by atoms with E-state index in [1.807, 2.05) is 0 Å². The van der Waals surface area contributed by atoms with Gasteiger partial charge in [0.25, 0.3) is 11.8 Å². The lowest BCUT2D eigenvalue weighted by Gasteiger charge is -2.57. The number of ether oxygens (including phenoxy) is 2. The van der Waals surface area contributed by atoms with Crippen molar-refractivity contribution in [3.05, 3.63) is 58.1 Å². The molecule has 0 radical (unpaired) electrons. The summed E-state index contributed by atoms with van der Waals surface area (Å²) in [5, 5.41) is 10.6. The Morgan fingerprint density at radius 3 is 1.85 bits per heavy atom. The van der Waals surface area contributed by atoms with Gasteiger partial charge in [-0.15, -0.1) is 0 Å². The molecule has 3 fully saturated rings. The Morgan fingerprint density at radius 1 is 0.897 bits per heavy atom. The average molecular weight is 608 g/mol. The highest BCUT2D eigenvalue weighted by Crippen LogP contribution is 2.48. The van der Waals surface area contributed by atoms with Crippen LogP contribution in [0.25, 0.3) is 0 Å². The lowest BCUT2D eigenvalue weighted by molar-refractivity contribution is -0.135. The Labute approximate surface area is 233 Å². The zero-order valence-corrected chi connectivity index (χ0v) is 22.7. The van der Waals surface area contributed by atoms with Crippen molar-refractivity contribution in [2.75, 3.05) is 13.2 Å². The van der Waals surface area contributed by atoms with Gasteiger partial charge < -0.3 is 20.1 Å². The van der Waals surface area contributed by atoms with Crippen molar-refractivity contribution in [1.29, 1.82) is 0 Å². The van der Waals surface area contributed by atoms with E-state index >= 15 is 0 Å². The highest BCUT2D eigenvalue weighted by Gasteiger charge is 2.57. The van der Waals surface area contributed by atoms with Crippen LogP contribution in [0, 0.1) is 11.6 Å². The van der Waals surface area contributed by atoms with Gasteiger partial charge in [-0.3, -0.25) is 13.8 Å². The Kier molecular flexibility index (Phi) is 8.57. The lowest BCUT2D eigenvalue weighted by Crippen LogP contribution is -2.71. The number of benzene rings is 2. The van der Waals surface area contributed by atoms with E-state index in [2.05, 4.69) is 10.6 Å². The third kappa shape index (κ3) is 7.28. The van der Waals surface area contributed by atoms with Crippen LogP contribution in [0.3, 0.4) is 0 Å². The minimum atomic E-state index is -4.41. The zero-order chi connectivity index (χ0) is 28.4. The molecule has 3 aliphatic carbocycles. The van der Waals surface area contributed by atoms with E-state index < -0.39 is 64.1 Å². The second-order valence-corrected chi connectivity index (χ2v) is 11.5. The molecule has 0 aliphatic heterocycles. The Balaban J connectivity index is 1.39. The third-order valence-electron chi connectivity index (χ3n) is 6.86. The molecule has 2 bridgehead atoms. The molecule has 4 N–H and O–H groups in total. The van der Waals surface area contributed by atoms with Gasteiger partial charge in [-0.05, 0) is 49.9 Å². The van der Waals surface area contributed by atoms with Crippen LogP contribution in [0.1, 0.15) is 32.1 Å². The smallest absolute Gasteiger partial charge is 0.333 e. The number of carbonyl (C=O) groups excluding carboxylic acids is 2. The molecule has 39 heavy (non-hydrogen) atoms. The first-order valence-corrected chi connectivity index (χ1v) is 14.0. The van der Waals surface area contributed by atoms with E-state index in [0.717, 1.165) is 12.1 Å². The molecule has 3 aliphatic rings. The molecule has 5 rings (SSSR count). The highest BCUT2D eigenvalue weighted by molar-refractivity contribution is 7.84. The average Bonchev–Trinajstić information content (AvgIpc) is 2.85. The molecule has 3 saturated carbocycles. The zero-order valence-electron chi connectivity index (χ0n) is 20.3. The summed E-state index contributed by atoms with van der Waals surface area (Å²) in [5.41, 5.74) is -1.94. The highest BCUT2D eigenvalue weighted by atomic mass is 35.5. The fourth-order valence-electron chi connectivity index (χ4n) is 5.00. The van der Waals surface area contributed by atoms with Crippen LogP contribution in [-0.2, 0) is 24.1 Å². The topological polar surface area (TPSA) is 146 Å². The van der Waals surface area contributed by atoms with E-state index in [1.165, 1.54) is 24.3 Å². The molecular weight excluding hydrogens is 583 g/mol. The van der Waals surface area contributed by atoms with Gasteiger partial charge >= 0.3 is 10.3 Å². The molecule has 212 valence electrons. The molecule has 10 nitrogen and oxygen atoms in total. The number of amides is 2. The van der Waals surface area contributed by atoms with Crippen LogP contribution >= 0.6 is 23.2 Å². The monoisotopic (exact) mass is 607 g/mol. The van der Waals surface area contributed by atoms with Crippen LogP contribution in [0.4, 0.5) is 8.78 Å². The molecule has 0 spiro atoms. The van der Waals surface area contributed by atoms with Crippen molar-refractivity contribution < 1.29 is 40.4 Å². The second-order valence-electron chi connectivity index (χ2n) is 9.54. The molecule has 0 saturated heterocycles. The molecule has 2 amide bonds. The maximum atomic E-state index is 13.6. The first-order valence-electron chi connectivity index (χ1n) is 11.8. The molecule has 0 aromatic heterocycles. The Bertz CT molecular complexity index is 1370. The Hall–Kier alpha value is -2.71. The summed E-state index contributed by atoms with van der Waals surface area (Å²) in [6.45, 7) is -0.899. The molecular formula is C24H25Cl2F2N3O7S. The van der Waals surface area contributed by atoms with Gasteiger partial charge in [-0.2, -0.15) is 8.42 Å². The summed E-state index contributed by atoms with van der Waals surface area (Å²) in [5.74, 6) is -2.31. The van der Waals surface area contributed by atoms with E-state index in [0.29, 0.717) is 12.8 Å². The molecule has 0 heterocycles. The number of hydrogen-bond acceptors (Lipinski definition) is 7. The van der Waals surface area contributed by atoms with E-state index in [4.69, 9.17) is 42.0 Å². The number of fused-ring (bicyclic) bond motifs is 3. The maximum Gasteiger partial charge on any atom is 0.333 e. The number of rotatable bonds is 10. The number of halogens is 4. The molecule has 1 atom stereocenters. The fraction of sp³-hybridized carbons (Fsp3) is 0.417. The van der Waals surface area contributed by atoms with Gasteiger partial charge in [-0.1, -0.05) is 23.2 Å². The fourth-order valence-corrected chi connectivity index (χ4v) is 5.81. The van der Waals surface area contributed by atoms with Crippen LogP contribution in [0.15, 0.2) is 36.4 Å². The van der Waals surface area contributed by atoms with Gasteiger partial charge in [0.2, 0.25) is 0 Å². The van der Waals surface area contributed by atoms with Gasteiger partial charge in [-0.25, -0.2) is 13.9 Å². The SMILES string of the molecule is NS(=O)(=O)OC1CC2(NC(=O)COc3ccc(Cl)c(F)c3)CCC1(NC(=O)COc1ccc(Cl)c(F)c1)CC2.